The van der Waals surface area contributed by atoms with Gasteiger partial charge in [-0.05, 0) is 49.6 Å². The standard InChI is InChI=1S/C17H22N2OS/c1-4-8-19(11-14-6-5-7-15(18)10-14)17(20)16-9-12(2)13(3)21-16/h5-7,9-10H,4,8,11,18H2,1-3H3. The van der Waals surface area contributed by atoms with Gasteiger partial charge in [0.2, 0.25) is 0 Å². The van der Waals surface area contributed by atoms with Gasteiger partial charge >= 0.3 is 0 Å². The molecule has 0 saturated heterocycles. The molecule has 1 heterocycles. The van der Waals surface area contributed by atoms with E-state index in [-0.39, 0.29) is 5.91 Å². The Kier molecular flexibility index (Phi) is 5.02. The van der Waals surface area contributed by atoms with Gasteiger partial charge in [-0.25, -0.2) is 0 Å². The molecule has 2 aromatic rings. The molecule has 0 radical (unpaired) electrons. The first kappa shape index (κ1) is 15.6. The number of nitrogens with zero attached hydrogens (tertiary/aromatic N) is 1. The fourth-order valence-corrected chi connectivity index (χ4v) is 3.27. The number of hydrogen-bond donors (Lipinski definition) is 1. The van der Waals surface area contributed by atoms with Crippen LogP contribution in [0.2, 0.25) is 0 Å². The van der Waals surface area contributed by atoms with Crippen LogP contribution in [0.5, 0.6) is 0 Å². The Bertz CT molecular complexity index is 614. The first-order chi connectivity index (χ1) is 10.0. The zero-order valence-corrected chi connectivity index (χ0v) is 13.7. The summed E-state index contributed by atoms with van der Waals surface area (Å²) in [6, 6.07) is 9.72. The van der Waals surface area contributed by atoms with Crippen molar-refractivity contribution < 1.29 is 4.79 Å². The second kappa shape index (κ2) is 6.76. The highest BCUT2D eigenvalue weighted by molar-refractivity contribution is 7.14. The quantitative estimate of drug-likeness (QED) is 0.849. The molecule has 1 amide bonds. The summed E-state index contributed by atoms with van der Waals surface area (Å²) in [6.45, 7) is 7.55. The van der Waals surface area contributed by atoms with E-state index in [4.69, 9.17) is 5.73 Å². The minimum absolute atomic E-state index is 0.112. The van der Waals surface area contributed by atoms with Gasteiger partial charge in [0.05, 0.1) is 4.88 Å². The van der Waals surface area contributed by atoms with Crippen LogP contribution in [0.15, 0.2) is 30.3 Å². The van der Waals surface area contributed by atoms with Gasteiger partial charge in [-0.2, -0.15) is 0 Å². The molecule has 0 aliphatic carbocycles. The predicted octanol–water partition coefficient (Wildman–Crippen LogP) is 4.00. The number of amides is 1. The Morgan fingerprint density at radius 2 is 2.05 bits per heavy atom. The summed E-state index contributed by atoms with van der Waals surface area (Å²) in [5.74, 6) is 0.112. The van der Waals surface area contributed by atoms with E-state index in [0.717, 1.165) is 29.1 Å². The second-order valence-corrected chi connectivity index (χ2v) is 6.58. The molecule has 1 aromatic carbocycles. The first-order valence-corrected chi connectivity index (χ1v) is 8.03. The fourth-order valence-electron chi connectivity index (χ4n) is 2.27. The Morgan fingerprint density at radius 1 is 1.29 bits per heavy atom. The summed E-state index contributed by atoms with van der Waals surface area (Å²) >= 11 is 1.57. The van der Waals surface area contributed by atoms with Crippen LogP contribution in [-0.2, 0) is 6.54 Å². The lowest BCUT2D eigenvalue weighted by Crippen LogP contribution is -2.30. The largest absolute Gasteiger partial charge is 0.399 e. The van der Waals surface area contributed by atoms with Crippen molar-refractivity contribution in [3.8, 4) is 0 Å². The van der Waals surface area contributed by atoms with Crippen LogP contribution in [-0.4, -0.2) is 17.4 Å². The number of benzene rings is 1. The van der Waals surface area contributed by atoms with Crippen LogP contribution >= 0.6 is 11.3 Å². The van der Waals surface area contributed by atoms with E-state index in [2.05, 4.69) is 13.8 Å². The molecule has 0 aliphatic heterocycles. The minimum atomic E-state index is 0.112. The predicted molar refractivity (Wildman–Crippen MR) is 89.7 cm³/mol. The Labute approximate surface area is 130 Å². The molecule has 0 aliphatic rings. The van der Waals surface area contributed by atoms with Gasteiger partial charge in [0.1, 0.15) is 0 Å². The third kappa shape index (κ3) is 3.85. The molecular formula is C17H22N2OS. The first-order valence-electron chi connectivity index (χ1n) is 7.22. The molecule has 2 rings (SSSR count). The number of thiophene rings is 1. The molecule has 0 spiro atoms. The van der Waals surface area contributed by atoms with E-state index in [1.54, 1.807) is 11.3 Å². The maximum Gasteiger partial charge on any atom is 0.264 e. The van der Waals surface area contributed by atoms with Gasteiger partial charge in [0, 0.05) is 23.7 Å². The average molecular weight is 302 g/mol. The number of carbonyl (C=O) groups is 1. The van der Waals surface area contributed by atoms with Crippen LogP contribution in [0.3, 0.4) is 0 Å². The molecule has 0 saturated carbocycles. The number of anilines is 1. The lowest BCUT2D eigenvalue weighted by Gasteiger charge is -2.21. The summed E-state index contributed by atoms with van der Waals surface area (Å²) in [4.78, 5) is 16.6. The van der Waals surface area contributed by atoms with Crippen molar-refractivity contribution in [2.45, 2.75) is 33.7 Å². The molecule has 4 heteroatoms. The molecule has 21 heavy (non-hydrogen) atoms. The highest BCUT2D eigenvalue weighted by atomic mass is 32.1. The number of nitrogen functional groups attached to an aromatic ring is 1. The van der Waals surface area contributed by atoms with Crippen LogP contribution < -0.4 is 5.73 Å². The van der Waals surface area contributed by atoms with E-state index in [1.807, 2.05) is 42.2 Å². The zero-order valence-electron chi connectivity index (χ0n) is 12.8. The van der Waals surface area contributed by atoms with Crippen molar-refractivity contribution in [3.05, 3.63) is 51.2 Å². The monoisotopic (exact) mass is 302 g/mol. The lowest BCUT2D eigenvalue weighted by atomic mass is 10.2. The van der Waals surface area contributed by atoms with Gasteiger partial charge in [0.25, 0.3) is 5.91 Å². The maximum atomic E-state index is 12.7. The molecule has 0 bridgehead atoms. The Morgan fingerprint density at radius 3 is 2.62 bits per heavy atom. The van der Waals surface area contributed by atoms with Gasteiger partial charge in [-0.3, -0.25) is 4.79 Å². The van der Waals surface area contributed by atoms with Gasteiger partial charge in [0.15, 0.2) is 0 Å². The SMILES string of the molecule is CCCN(Cc1cccc(N)c1)C(=O)c1cc(C)c(C)s1. The molecule has 0 fully saturated rings. The molecule has 0 atom stereocenters. The summed E-state index contributed by atoms with van der Waals surface area (Å²) in [7, 11) is 0. The van der Waals surface area contributed by atoms with Crippen LogP contribution in [0, 0.1) is 13.8 Å². The average Bonchev–Trinajstić information content (AvgIpc) is 2.77. The fraction of sp³-hybridized carbons (Fsp3) is 0.353. The zero-order chi connectivity index (χ0) is 15.4. The van der Waals surface area contributed by atoms with Gasteiger partial charge in [-0.15, -0.1) is 11.3 Å². The number of aryl methyl sites for hydroxylation is 2. The van der Waals surface area contributed by atoms with E-state index in [0.29, 0.717) is 6.54 Å². The second-order valence-electron chi connectivity index (χ2n) is 5.32. The number of carbonyl (C=O) groups excluding carboxylic acids is 1. The highest BCUT2D eigenvalue weighted by Gasteiger charge is 2.18. The van der Waals surface area contributed by atoms with Crippen LogP contribution in [0.25, 0.3) is 0 Å². The van der Waals surface area contributed by atoms with Crippen molar-refractivity contribution in [1.29, 1.82) is 0 Å². The third-order valence-corrected chi connectivity index (χ3v) is 4.62. The van der Waals surface area contributed by atoms with Crippen molar-refractivity contribution in [3.63, 3.8) is 0 Å². The molecule has 1 aromatic heterocycles. The molecule has 0 unspecified atom stereocenters. The topological polar surface area (TPSA) is 46.3 Å². The number of nitrogens with two attached hydrogens (primary N) is 1. The van der Waals surface area contributed by atoms with E-state index < -0.39 is 0 Å². The van der Waals surface area contributed by atoms with Crippen molar-refractivity contribution >= 4 is 22.9 Å². The lowest BCUT2D eigenvalue weighted by molar-refractivity contribution is 0.0748. The Balaban J connectivity index is 2.20. The smallest absolute Gasteiger partial charge is 0.264 e. The van der Waals surface area contributed by atoms with E-state index in [1.165, 1.54) is 10.4 Å². The van der Waals surface area contributed by atoms with Crippen molar-refractivity contribution in [2.75, 3.05) is 12.3 Å². The molecule has 2 N–H and O–H groups in total. The molecular weight excluding hydrogens is 280 g/mol. The normalized spacial score (nSPS) is 10.6. The summed E-state index contributed by atoms with van der Waals surface area (Å²) in [5, 5.41) is 0. The van der Waals surface area contributed by atoms with E-state index in [9.17, 15) is 4.79 Å². The van der Waals surface area contributed by atoms with Crippen molar-refractivity contribution in [1.82, 2.24) is 4.90 Å². The molecule has 3 nitrogen and oxygen atoms in total. The highest BCUT2D eigenvalue weighted by Crippen LogP contribution is 2.23. The summed E-state index contributed by atoms with van der Waals surface area (Å²) < 4.78 is 0. The summed E-state index contributed by atoms with van der Waals surface area (Å²) in [5.41, 5.74) is 8.81. The van der Waals surface area contributed by atoms with Crippen LogP contribution in [0.1, 0.15) is 39.0 Å². The maximum absolute atomic E-state index is 12.7. The summed E-state index contributed by atoms with van der Waals surface area (Å²) in [6.07, 6.45) is 0.942. The Hall–Kier alpha value is -1.81. The van der Waals surface area contributed by atoms with Gasteiger partial charge < -0.3 is 10.6 Å². The minimum Gasteiger partial charge on any atom is -0.399 e. The van der Waals surface area contributed by atoms with Gasteiger partial charge in [-0.1, -0.05) is 19.1 Å². The van der Waals surface area contributed by atoms with Crippen molar-refractivity contribution in [2.24, 2.45) is 0 Å². The molecule has 112 valence electrons. The number of hydrogen-bond acceptors (Lipinski definition) is 3. The van der Waals surface area contributed by atoms with E-state index >= 15 is 0 Å². The number of rotatable bonds is 5. The third-order valence-electron chi connectivity index (χ3n) is 3.48. The van der Waals surface area contributed by atoms with Crippen LogP contribution in [0.4, 0.5) is 5.69 Å².